The fraction of sp³-hybridized carbons (Fsp3) is 0.636. The van der Waals surface area contributed by atoms with Gasteiger partial charge in [0, 0.05) is 25.9 Å². The van der Waals surface area contributed by atoms with Gasteiger partial charge in [0.15, 0.2) is 0 Å². The lowest BCUT2D eigenvalue weighted by atomic mass is 10.1. The van der Waals surface area contributed by atoms with Crippen molar-refractivity contribution < 1.29 is 14.3 Å². The van der Waals surface area contributed by atoms with E-state index in [1.54, 1.807) is 11.5 Å². The number of esters is 1. The largest absolute Gasteiger partial charge is 0.466 e. The highest BCUT2D eigenvalue weighted by Crippen LogP contribution is 2.28. The van der Waals surface area contributed by atoms with Crippen LogP contribution in [0.2, 0.25) is 0 Å². The molecule has 0 radical (unpaired) electrons. The van der Waals surface area contributed by atoms with Gasteiger partial charge in [0.2, 0.25) is 0 Å². The molecule has 3 rings (SSSR count). The van der Waals surface area contributed by atoms with Crippen LogP contribution in [0.4, 0.5) is 0 Å². The van der Waals surface area contributed by atoms with Gasteiger partial charge in [0.05, 0.1) is 16.9 Å². The van der Waals surface area contributed by atoms with Crippen LogP contribution < -0.4 is 10.9 Å². The first-order valence-electron chi connectivity index (χ1n) is 11.0. The maximum atomic E-state index is 13.0. The van der Waals surface area contributed by atoms with E-state index in [-0.39, 0.29) is 17.4 Å². The number of aryl methyl sites for hydroxylation is 2. The number of rotatable bonds is 9. The Kier molecular flexibility index (Phi) is 8.01. The normalized spacial score (nSPS) is 13.7. The van der Waals surface area contributed by atoms with Gasteiger partial charge in [-0.3, -0.25) is 19.0 Å². The van der Waals surface area contributed by atoms with Crippen molar-refractivity contribution in [2.75, 3.05) is 13.2 Å². The van der Waals surface area contributed by atoms with Crippen LogP contribution in [0.1, 0.15) is 79.3 Å². The quantitative estimate of drug-likeness (QED) is 0.481. The second kappa shape index (κ2) is 10.7. The minimum atomic E-state index is -0.146. The highest BCUT2D eigenvalue weighted by molar-refractivity contribution is 7.20. The Morgan fingerprint density at radius 2 is 1.97 bits per heavy atom. The maximum Gasteiger partial charge on any atom is 0.305 e. The highest BCUT2D eigenvalue weighted by Gasteiger charge is 2.22. The first-order chi connectivity index (χ1) is 14.5. The Morgan fingerprint density at radius 3 is 2.77 bits per heavy atom. The first-order valence-corrected chi connectivity index (χ1v) is 11.8. The molecule has 1 N–H and O–H groups in total. The summed E-state index contributed by atoms with van der Waals surface area (Å²) in [6, 6.07) is 0. The second-order valence-electron chi connectivity index (χ2n) is 7.76. The number of nitrogens with zero attached hydrogens (tertiary/aromatic N) is 2. The predicted molar refractivity (Wildman–Crippen MR) is 118 cm³/mol. The summed E-state index contributed by atoms with van der Waals surface area (Å²) in [4.78, 5) is 43.0. The van der Waals surface area contributed by atoms with Gasteiger partial charge in [-0.1, -0.05) is 19.3 Å². The van der Waals surface area contributed by atoms with Crippen molar-refractivity contribution in [2.45, 2.75) is 78.2 Å². The molecule has 0 spiro atoms. The maximum absolute atomic E-state index is 13.0. The summed E-state index contributed by atoms with van der Waals surface area (Å²) in [7, 11) is 0. The molecule has 0 unspecified atom stereocenters. The lowest BCUT2D eigenvalue weighted by molar-refractivity contribution is -0.143. The summed E-state index contributed by atoms with van der Waals surface area (Å²) in [6.07, 6.45) is 7.98. The van der Waals surface area contributed by atoms with E-state index < -0.39 is 0 Å². The Hall–Kier alpha value is -2.22. The van der Waals surface area contributed by atoms with E-state index in [2.05, 4.69) is 5.32 Å². The number of thiophene rings is 1. The van der Waals surface area contributed by atoms with Gasteiger partial charge in [-0.05, 0) is 45.1 Å². The van der Waals surface area contributed by atoms with Crippen LogP contribution in [-0.2, 0) is 22.5 Å². The Bertz CT molecular complexity index is 963. The van der Waals surface area contributed by atoms with Crippen LogP contribution in [0, 0.1) is 6.92 Å². The van der Waals surface area contributed by atoms with Gasteiger partial charge in [-0.2, -0.15) is 0 Å². The fourth-order valence-corrected chi connectivity index (χ4v) is 5.00. The fourth-order valence-electron chi connectivity index (χ4n) is 3.89. The average molecular weight is 434 g/mol. The lowest BCUT2D eigenvalue weighted by Crippen LogP contribution is -2.25. The van der Waals surface area contributed by atoms with E-state index >= 15 is 0 Å². The van der Waals surface area contributed by atoms with Crippen molar-refractivity contribution >= 4 is 33.4 Å². The SMILES string of the molecule is CCOC(=O)CCCCCCNC(=O)c1sc2nc3n(c(=O)c2c1C)CCCCC3. The molecule has 3 heterocycles. The molecule has 1 aliphatic rings. The Labute approximate surface area is 180 Å². The predicted octanol–water partition coefficient (Wildman–Crippen LogP) is 3.74. The molecular formula is C22H31N3O4S. The zero-order chi connectivity index (χ0) is 21.5. The van der Waals surface area contributed by atoms with Crippen molar-refractivity contribution in [1.82, 2.24) is 14.9 Å². The minimum Gasteiger partial charge on any atom is -0.466 e. The van der Waals surface area contributed by atoms with E-state index in [1.807, 2.05) is 6.92 Å². The molecule has 2 aromatic rings. The molecular weight excluding hydrogens is 402 g/mol. The molecule has 1 amide bonds. The molecule has 0 saturated heterocycles. The summed E-state index contributed by atoms with van der Waals surface area (Å²) >= 11 is 1.32. The number of hydrogen-bond acceptors (Lipinski definition) is 6. The van der Waals surface area contributed by atoms with Gasteiger partial charge in [-0.15, -0.1) is 11.3 Å². The topological polar surface area (TPSA) is 90.3 Å². The number of fused-ring (bicyclic) bond motifs is 2. The number of aromatic nitrogens is 2. The standard InChI is InChI=1S/C22H31N3O4S/c1-3-29-17(26)12-8-4-5-9-13-23-20(27)19-15(2)18-21(30-19)24-16-11-7-6-10-14-25(16)22(18)28/h3-14H2,1-2H3,(H,23,27). The van der Waals surface area contributed by atoms with E-state index in [0.717, 1.165) is 62.8 Å². The van der Waals surface area contributed by atoms with E-state index in [1.165, 1.54) is 11.3 Å². The number of unbranched alkanes of at least 4 members (excludes halogenated alkanes) is 3. The summed E-state index contributed by atoms with van der Waals surface area (Å²) in [5, 5.41) is 3.56. The molecule has 0 fully saturated rings. The monoisotopic (exact) mass is 433 g/mol. The van der Waals surface area contributed by atoms with Crippen molar-refractivity contribution in [3.05, 3.63) is 26.6 Å². The number of carbonyl (C=O) groups is 2. The number of nitrogens with one attached hydrogen (secondary N) is 1. The van der Waals surface area contributed by atoms with E-state index in [0.29, 0.717) is 41.2 Å². The number of ether oxygens (including phenoxy) is 1. The molecule has 7 nitrogen and oxygen atoms in total. The van der Waals surface area contributed by atoms with Crippen LogP contribution in [0.3, 0.4) is 0 Å². The molecule has 164 valence electrons. The third-order valence-corrected chi connectivity index (χ3v) is 6.70. The lowest BCUT2D eigenvalue weighted by Gasteiger charge is -2.08. The Morgan fingerprint density at radius 1 is 1.17 bits per heavy atom. The third-order valence-electron chi connectivity index (χ3n) is 5.52. The zero-order valence-electron chi connectivity index (χ0n) is 17.9. The highest BCUT2D eigenvalue weighted by atomic mass is 32.1. The van der Waals surface area contributed by atoms with Crippen LogP contribution in [-0.4, -0.2) is 34.6 Å². The molecule has 0 aliphatic carbocycles. The number of hydrogen-bond donors (Lipinski definition) is 1. The minimum absolute atomic E-state index is 0.00806. The summed E-state index contributed by atoms with van der Waals surface area (Å²) < 4.78 is 6.71. The van der Waals surface area contributed by atoms with Crippen LogP contribution in [0.25, 0.3) is 10.2 Å². The van der Waals surface area contributed by atoms with Crippen molar-refractivity contribution in [1.29, 1.82) is 0 Å². The van der Waals surface area contributed by atoms with E-state index in [9.17, 15) is 14.4 Å². The van der Waals surface area contributed by atoms with Gasteiger partial charge in [0.1, 0.15) is 10.7 Å². The number of amides is 1. The summed E-state index contributed by atoms with van der Waals surface area (Å²) in [5.74, 6) is 0.565. The molecule has 8 heteroatoms. The average Bonchev–Trinajstić information content (AvgIpc) is 2.88. The van der Waals surface area contributed by atoms with Crippen LogP contribution in [0.5, 0.6) is 0 Å². The number of carbonyl (C=O) groups excluding carboxylic acids is 2. The molecule has 30 heavy (non-hydrogen) atoms. The molecule has 0 atom stereocenters. The molecule has 2 aromatic heterocycles. The van der Waals surface area contributed by atoms with Gasteiger partial charge in [0.25, 0.3) is 11.5 Å². The van der Waals surface area contributed by atoms with E-state index in [4.69, 9.17) is 9.72 Å². The smallest absolute Gasteiger partial charge is 0.305 e. The van der Waals surface area contributed by atoms with Crippen LogP contribution >= 0.6 is 11.3 Å². The third kappa shape index (κ3) is 5.28. The Balaban J connectivity index is 1.56. The molecule has 0 saturated carbocycles. The van der Waals surface area contributed by atoms with Crippen LogP contribution in [0.15, 0.2) is 4.79 Å². The summed E-state index contributed by atoms with van der Waals surface area (Å²) in [6.45, 7) is 5.36. The van der Waals surface area contributed by atoms with Gasteiger partial charge < -0.3 is 10.1 Å². The molecule has 1 aliphatic heterocycles. The first kappa shape index (κ1) is 22.5. The molecule has 0 aromatic carbocycles. The van der Waals surface area contributed by atoms with Gasteiger partial charge >= 0.3 is 5.97 Å². The molecule has 0 bridgehead atoms. The van der Waals surface area contributed by atoms with Crippen molar-refractivity contribution in [2.24, 2.45) is 0 Å². The second-order valence-corrected chi connectivity index (χ2v) is 8.76. The van der Waals surface area contributed by atoms with Crippen molar-refractivity contribution in [3.8, 4) is 0 Å². The summed E-state index contributed by atoms with van der Waals surface area (Å²) in [5.41, 5.74) is 0.727. The zero-order valence-corrected chi connectivity index (χ0v) is 18.7. The van der Waals surface area contributed by atoms with Crippen molar-refractivity contribution in [3.63, 3.8) is 0 Å². The van der Waals surface area contributed by atoms with Gasteiger partial charge in [-0.25, -0.2) is 4.98 Å².